The first-order valence-corrected chi connectivity index (χ1v) is 7.33. The number of carbonyl (C=O) groups excluding carboxylic acids is 1. The molecule has 0 bridgehead atoms. The molecule has 0 aromatic carbocycles. The van der Waals surface area contributed by atoms with Gasteiger partial charge in [-0.05, 0) is 32.7 Å². The lowest BCUT2D eigenvalue weighted by Crippen LogP contribution is -2.52. The molecule has 1 amide bonds. The molecular weight excluding hydrogens is 226 g/mol. The van der Waals surface area contributed by atoms with E-state index in [-0.39, 0.29) is 5.92 Å². The second-order valence-corrected chi connectivity index (χ2v) is 5.45. The Balaban J connectivity index is 2.35. The van der Waals surface area contributed by atoms with Gasteiger partial charge >= 0.3 is 0 Å². The summed E-state index contributed by atoms with van der Waals surface area (Å²) in [5.74, 6) is 0.441. The summed E-state index contributed by atoms with van der Waals surface area (Å²) in [6.45, 7) is 11.0. The summed E-state index contributed by atoms with van der Waals surface area (Å²) in [5, 5.41) is 0. The molecule has 2 unspecified atom stereocenters. The van der Waals surface area contributed by atoms with Gasteiger partial charge in [-0.3, -0.25) is 9.69 Å². The minimum absolute atomic E-state index is 0.128. The number of nitrogens with two attached hydrogens (primary N) is 1. The van der Waals surface area contributed by atoms with Crippen LogP contribution in [0.25, 0.3) is 0 Å². The van der Waals surface area contributed by atoms with Gasteiger partial charge in [0.1, 0.15) is 0 Å². The van der Waals surface area contributed by atoms with E-state index < -0.39 is 0 Å². The Morgan fingerprint density at radius 1 is 1.22 bits per heavy atom. The molecule has 0 aliphatic carbocycles. The fourth-order valence-corrected chi connectivity index (χ4v) is 2.50. The zero-order chi connectivity index (χ0) is 13.5. The average Bonchev–Trinajstić information content (AvgIpc) is 2.43. The number of amides is 1. The highest BCUT2D eigenvalue weighted by molar-refractivity contribution is 5.78. The highest BCUT2D eigenvalue weighted by Gasteiger charge is 2.25. The number of piperazine rings is 1. The van der Waals surface area contributed by atoms with Gasteiger partial charge in [0, 0.05) is 38.1 Å². The first-order chi connectivity index (χ1) is 8.60. The van der Waals surface area contributed by atoms with Gasteiger partial charge in [-0.1, -0.05) is 13.8 Å². The van der Waals surface area contributed by atoms with E-state index in [0.717, 1.165) is 39.0 Å². The molecule has 0 saturated carbocycles. The number of hydrogen-bond acceptors (Lipinski definition) is 3. The summed E-state index contributed by atoms with van der Waals surface area (Å²) in [4.78, 5) is 16.7. The Bertz CT molecular complexity index is 249. The Kier molecular flexibility index (Phi) is 6.65. The fourth-order valence-electron chi connectivity index (χ4n) is 2.50. The summed E-state index contributed by atoms with van der Waals surface area (Å²) < 4.78 is 0. The molecule has 106 valence electrons. The Hall–Kier alpha value is -0.610. The summed E-state index contributed by atoms with van der Waals surface area (Å²) in [5.41, 5.74) is 5.49. The maximum atomic E-state index is 12.2. The van der Waals surface area contributed by atoms with Crippen molar-refractivity contribution in [3.05, 3.63) is 0 Å². The molecule has 0 aromatic heterocycles. The molecule has 1 aliphatic rings. The minimum Gasteiger partial charge on any atom is -0.340 e. The molecule has 4 heteroatoms. The molecular formula is C14H29N3O. The lowest BCUT2D eigenvalue weighted by Gasteiger charge is -2.38. The van der Waals surface area contributed by atoms with E-state index in [4.69, 9.17) is 5.73 Å². The van der Waals surface area contributed by atoms with Crippen LogP contribution in [-0.4, -0.2) is 54.5 Å². The molecule has 4 nitrogen and oxygen atoms in total. The summed E-state index contributed by atoms with van der Waals surface area (Å²) in [7, 11) is 0. The molecule has 1 saturated heterocycles. The summed E-state index contributed by atoms with van der Waals surface area (Å²) in [6, 6.07) is 0.636. The van der Waals surface area contributed by atoms with E-state index in [9.17, 15) is 4.79 Å². The van der Waals surface area contributed by atoms with Crippen LogP contribution in [0.2, 0.25) is 0 Å². The topological polar surface area (TPSA) is 49.6 Å². The van der Waals surface area contributed by atoms with Crippen molar-refractivity contribution in [2.24, 2.45) is 11.7 Å². The van der Waals surface area contributed by atoms with Crippen molar-refractivity contribution in [2.75, 3.05) is 32.7 Å². The van der Waals surface area contributed by atoms with Gasteiger partial charge in [-0.15, -0.1) is 0 Å². The second-order valence-electron chi connectivity index (χ2n) is 5.45. The van der Waals surface area contributed by atoms with Crippen LogP contribution in [0, 0.1) is 5.92 Å². The van der Waals surface area contributed by atoms with Gasteiger partial charge in [0.25, 0.3) is 0 Å². The van der Waals surface area contributed by atoms with E-state index in [1.165, 1.54) is 6.42 Å². The smallest absolute Gasteiger partial charge is 0.225 e. The predicted octanol–water partition coefficient (Wildman–Crippen LogP) is 1.30. The molecule has 1 aliphatic heterocycles. The molecule has 1 rings (SSSR count). The van der Waals surface area contributed by atoms with Crippen LogP contribution in [0.1, 0.15) is 40.0 Å². The maximum Gasteiger partial charge on any atom is 0.225 e. The predicted molar refractivity (Wildman–Crippen MR) is 75.4 cm³/mol. The van der Waals surface area contributed by atoms with Gasteiger partial charge in [-0.2, -0.15) is 0 Å². The third-order valence-corrected chi connectivity index (χ3v) is 4.10. The third-order valence-electron chi connectivity index (χ3n) is 4.10. The lowest BCUT2D eigenvalue weighted by atomic mass is 10.0. The summed E-state index contributed by atoms with van der Waals surface area (Å²) >= 11 is 0. The number of carbonyl (C=O) groups is 1. The average molecular weight is 255 g/mol. The molecule has 0 aromatic rings. The lowest BCUT2D eigenvalue weighted by molar-refractivity contribution is -0.137. The van der Waals surface area contributed by atoms with E-state index in [0.29, 0.717) is 18.5 Å². The standard InChI is InChI=1S/C14H29N3O/c1-4-13(3)16-8-10-17(11-9-16)14(18)12(2)6-5-7-15/h12-13H,4-11,15H2,1-3H3. The second kappa shape index (κ2) is 7.74. The van der Waals surface area contributed by atoms with Crippen LogP contribution in [0.15, 0.2) is 0 Å². The van der Waals surface area contributed by atoms with Crippen molar-refractivity contribution in [1.29, 1.82) is 0 Å². The molecule has 1 fully saturated rings. The molecule has 1 heterocycles. The Labute approximate surface area is 111 Å². The third kappa shape index (κ3) is 4.25. The number of nitrogens with zero attached hydrogens (tertiary/aromatic N) is 2. The van der Waals surface area contributed by atoms with Crippen molar-refractivity contribution in [3.8, 4) is 0 Å². The Morgan fingerprint density at radius 3 is 2.33 bits per heavy atom. The molecule has 0 spiro atoms. The zero-order valence-corrected chi connectivity index (χ0v) is 12.2. The highest BCUT2D eigenvalue weighted by Crippen LogP contribution is 2.14. The van der Waals surface area contributed by atoms with Gasteiger partial charge < -0.3 is 10.6 Å². The van der Waals surface area contributed by atoms with E-state index >= 15 is 0 Å². The fraction of sp³-hybridized carbons (Fsp3) is 0.929. The molecule has 2 atom stereocenters. The zero-order valence-electron chi connectivity index (χ0n) is 12.2. The largest absolute Gasteiger partial charge is 0.340 e. The SMILES string of the molecule is CCC(C)N1CCN(C(=O)C(C)CCCN)CC1. The van der Waals surface area contributed by atoms with E-state index in [2.05, 4.69) is 18.7 Å². The highest BCUT2D eigenvalue weighted by atomic mass is 16.2. The van der Waals surface area contributed by atoms with Gasteiger partial charge in [0.15, 0.2) is 0 Å². The first kappa shape index (κ1) is 15.4. The molecule has 18 heavy (non-hydrogen) atoms. The van der Waals surface area contributed by atoms with Crippen LogP contribution >= 0.6 is 0 Å². The minimum atomic E-state index is 0.128. The van der Waals surface area contributed by atoms with Gasteiger partial charge in [0.05, 0.1) is 0 Å². The maximum absolute atomic E-state index is 12.2. The van der Waals surface area contributed by atoms with E-state index in [1.807, 2.05) is 11.8 Å². The van der Waals surface area contributed by atoms with Crippen molar-refractivity contribution < 1.29 is 4.79 Å². The molecule has 2 N–H and O–H groups in total. The van der Waals surface area contributed by atoms with Crippen LogP contribution in [0.3, 0.4) is 0 Å². The van der Waals surface area contributed by atoms with Crippen LogP contribution in [-0.2, 0) is 4.79 Å². The van der Waals surface area contributed by atoms with Crippen molar-refractivity contribution >= 4 is 5.91 Å². The van der Waals surface area contributed by atoms with Gasteiger partial charge in [0.2, 0.25) is 5.91 Å². The Morgan fingerprint density at radius 2 is 1.83 bits per heavy atom. The monoisotopic (exact) mass is 255 g/mol. The molecule has 0 radical (unpaired) electrons. The normalized spacial score (nSPS) is 20.8. The first-order valence-electron chi connectivity index (χ1n) is 7.33. The van der Waals surface area contributed by atoms with Crippen molar-refractivity contribution in [2.45, 2.75) is 46.1 Å². The van der Waals surface area contributed by atoms with E-state index in [1.54, 1.807) is 0 Å². The van der Waals surface area contributed by atoms with Crippen molar-refractivity contribution in [1.82, 2.24) is 9.80 Å². The van der Waals surface area contributed by atoms with Crippen LogP contribution < -0.4 is 5.73 Å². The van der Waals surface area contributed by atoms with Crippen molar-refractivity contribution in [3.63, 3.8) is 0 Å². The quantitative estimate of drug-likeness (QED) is 0.778. The number of rotatable bonds is 6. The van der Waals surface area contributed by atoms with Crippen LogP contribution in [0.5, 0.6) is 0 Å². The van der Waals surface area contributed by atoms with Gasteiger partial charge in [-0.25, -0.2) is 0 Å². The van der Waals surface area contributed by atoms with Crippen LogP contribution in [0.4, 0.5) is 0 Å². The summed E-state index contributed by atoms with van der Waals surface area (Å²) in [6.07, 6.45) is 3.04. The number of hydrogen-bond donors (Lipinski definition) is 1.